The van der Waals surface area contributed by atoms with Gasteiger partial charge in [-0.2, -0.15) is 0 Å². The Kier molecular flexibility index (Phi) is 6.09. The van der Waals surface area contributed by atoms with E-state index in [1.807, 2.05) is 30.3 Å². The van der Waals surface area contributed by atoms with E-state index in [4.69, 9.17) is 44.4 Å². The highest BCUT2D eigenvalue weighted by Gasteiger charge is 2.27. The molecule has 0 radical (unpaired) electrons. The number of nitrogens with zero attached hydrogens (tertiary/aromatic N) is 1. The SMILES string of the molecule is O=C1ON=C(c2ccccc2)/C1=C/c1cc(Cl)ccc1OCc1ccc(Cl)cc1Cl. The molecule has 0 saturated carbocycles. The van der Waals surface area contributed by atoms with Crippen LogP contribution in [0.5, 0.6) is 5.75 Å². The lowest BCUT2D eigenvalue weighted by molar-refractivity contribution is -0.136. The largest absolute Gasteiger partial charge is 0.488 e. The monoisotopic (exact) mass is 457 g/mol. The van der Waals surface area contributed by atoms with Gasteiger partial charge in [-0.1, -0.05) is 76.4 Å². The fourth-order valence-electron chi connectivity index (χ4n) is 2.93. The highest BCUT2D eigenvalue weighted by atomic mass is 35.5. The summed E-state index contributed by atoms with van der Waals surface area (Å²) in [5, 5.41) is 5.49. The summed E-state index contributed by atoms with van der Waals surface area (Å²) in [6, 6.07) is 19.7. The third-order valence-electron chi connectivity index (χ3n) is 4.41. The first-order valence-corrected chi connectivity index (χ1v) is 10.1. The van der Waals surface area contributed by atoms with Gasteiger partial charge in [0, 0.05) is 31.8 Å². The Morgan fingerprint density at radius 2 is 1.67 bits per heavy atom. The lowest BCUT2D eigenvalue weighted by Crippen LogP contribution is -2.07. The molecule has 1 aliphatic heterocycles. The molecule has 0 amide bonds. The zero-order valence-corrected chi connectivity index (χ0v) is 17.7. The van der Waals surface area contributed by atoms with E-state index < -0.39 is 5.97 Å². The van der Waals surface area contributed by atoms with Gasteiger partial charge in [-0.15, -0.1) is 0 Å². The van der Waals surface area contributed by atoms with E-state index in [1.165, 1.54) is 0 Å². The number of ether oxygens (including phenoxy) is 1. The van der Waals surface area contributed by atoms with Crippen molar-refractivity contribution < 1.29 is 14.4 Å². The number of oxime groups is 1. The molecule has 3 aromatic rings. The zero-order chi connectivity index (χ0) is 21.1. The Bertz CT molecular complexity index is 1170. The summed E-state index contributed by atoms with van der Waals surface area (Å²) in [6.07, 6.45) is 1.66. The average molecular weight is 459 g/mol. The summed E-state index contributed by atoms with van der Waals surface area (Å²) >= 11 is 18.4. The molecule has 0 spiro atoms. The van der Waals surface area contributed by atoms with Gasteiger partial charge in [0.25, 0.3) is 0 Å². The van der Waals surface area contributed by atoms with E-state index in [0.717, 1.165) is 11.1 Å². The molecule has 4 rings (SSSR count). The molecular weight excluding hydrogens is 445 g/mol. The second-order valence-electron chi connectivity index (χ2n) is 6.45. The molecule has 4 nitrogen and oxygen atoms in total. The molecule has 1 heterocycles. The molecule has 0 N–H and O–H groups in total. The minimum Gasteiger partial charge on any atom is -0.488 e. The molecule has 0 saturated heterocycles. The number of rotatable bonds is 5. The Morgan fingerprint density at radius 3 is 2.43 bits per heavy atom. The van der Waals surface area contributed by atoms with Gasteiger partial charge in [0.1, 0.15) is 18.1 Å². The van der Waals surface area contributed by atoms with E-state index in [2.05, 4.69) is 5.16 Å². The predicted molar refractivity (Wildman–Crippen MR) is 119 cm³/mol. The van der Waals surface area contributed by atoms with Crippen LogP contribution in [0.1, 0.15) is 16.7 Å². The van der Waals surface area contributed by atoms with Crippen molar-refractivity contribution in [1.82, 2.24) is 0 Å². The van der Waals surface area contributed by atoms with E-state index in [9.17, 15) is 4.79 Å². The minimum atomic E-state index is -0.541. The van der Waals surface area contributed by atoms with Crippen LogP contribution in [0.3, 0.4) is 0 Å². The van der Waals surface area contributed by atoms with Crippen molar-refractivity contribution in [3.05, 3.63) is 104 Å². The van der Waals surface area contributed by atoms with Crippen LogP contribution in [0, 0.1) is 0 Å². The summed E-state index contributed by atoms with van der Waals surface area (Å²) in [7, 11) is 0. The van der Waals surface area contributed by atoms with Crippen molar-refractivity contribution in [2.45, 2.75) is 6.61 Å². The highest BCUT2D eigenvalue weighted by molar-refractivity contribution is 6.35. The molecule has 0 aromatic heterocycles. The summed E-state index contributed by atoms with van der Waals surface area (Å²) in [5.41, 5.74) is 2.93. The van der Waals surface area contributed by atoms with Gasteiger partial charge in [0.05, 0.1) is 5.57 Å². The van der Waals surface area contributed by atoms with Gasteiger partial charge in [-0.05, 0) is 36.4 Å². The predicted octanol–water partition coefficient (Wildman–Crippen LogP) is 6.57. The van der Waals surface area contributed by atoms with Gasteiger partial charge in [0.2, 0.25) is 0 Å². The molecule has 1 aliphatic rings. The Balaban J connectivity index is 1.66. The van der Waals surface area contributed by atoms with Crippen molar-refractivity contribution in [3.8, 4) is 5.75 Å². The third kappa shape index (κ3) is 4.51. The van der Waals surface area contributed by atoms with Crippen molar-refractivity contribution in [2.75, 3.05) is 0 Å². The second kappa shape index (κ2) is 8.92. The van der Waals surface area contributed by atoms with Crippen molar-refractivity contribution in [3.63, 3.8) is 0 Å². The van der Waals surface area contributed by atoms with E-state index in [0.29, 0.717) is 37.7 Å². The van der Waals surface area contributed by atoms with Crippen LogP contribution >= 0.6 is 34.8 Å². The number of carbonyl (C=O) groups is 1. The van der Waals surface area contributed by atoms with Crippen LogP contribution in [0.4, 0.5) is 0 Å². The number of halogens is 3. The number of hydrogen-bond acceptors (Lipinski definition) is 4. The Morgan fingerprint density at radius 1 is 0.933 bits per heavy atom. The van der Waals surface area contributed by atoms with Crippen LogP contribution in [0.2, 0.25) is 15.1 Å². The fraction of sp³-hybridized carbons (Fsp3) is 0.0435. The third-order valence-corrected chi connectivity index (χ3v) is 5.23. The van der Waals surface area contributed by atoms with Crippen LogP contribution in [-0.4, -0.2) is 11.7 Å². The lowest BCUT2D eigenvalue weighted by atomic mass is 10.0. The molecule has 0 bridgehead atoms. The molecule has 150 valence electrons. The summed E-state index contributed by atoms with van der Waals surface area (Å²) in [5.74, 6) is -0.00875. The first kappa shape index (κ1) is 20.5. The summed E-state index contributed by atoms with van der Waals surface area (Å²) in [6.45, 7) is 0.220. The quantitative estimate of drug-likeness (QED) is 0.321. The summed E-state index contributed by atoms with van der Waals surface area (Å²) < 4.78 is 5.96. The van der Waals surface area contributed by atoms with Crippen molar-refractivity contribution in [2.24, 2.45) is 5.16 Å². The van der Waals surface area contributed by atoms with Gasteiger partial charge in [-0.25, -0.2) is 4.79 Å². The van der Waals surface area contributed by atoms with E-state index >= 15 is 0 Å². The molecule has 0 aliphatic carbocycles. The van der Waals surface area contributed by atoms with Gasteiger partial charge in [0.15, 0.2) is 0 Å². The summed E-state index contributed by atoms with van der Waals surface area (Å²) in [4.78, 5) is 17.2. The van der Waals surface area contributed by atoms with Crippen molar-refractivity contribution >= 4 is 52.6 Å². The van der Waals surface area contributed by atoms with Crippen LogP contribution in [0.25, 0.3) is 6.08 Å². The lowest BCUT2D eigenvalue weighted by Gasteiger charge is -2.12. The van der Waals surface area contributed by atoms with Gasteiger partial charge in [-0.3, -0.25) is 0 Å². The first-order valence-electron chi connectivity index (χ1n) is 8.94. The van der Waals surface area contributed by atoms with Crippen molar-refractivity contribution in [1.29, 1.82) is 0 Å². The zero-order valence-electron chi connectivity index (χ0n) is 15.4. The topological polar surface area (TPSA) is 47.9 Å². The number of hydrogen-bond donors (Lipinski definition) is 0. The van der Waals surface area contributed by atoms with E-state index in [-0.39, 0.29) is 6.61 Å². The number of benzene rings is 3. The molecule has 3 aromatic carbocycles. The van der Waals surface area contributed by atoms with Gasteiger partial charge >= 0.3 is 5.97 Å². The Hall–Kier alpha value is -2.79. The molecule has 0 atom stereocenters. The maximum atomic E-state index is 12.3. The highest BCUT2D eigenvalue weighted by Crippen LogP contribution is 2.30. The smallest absolute Gasteiger partial charge is 0.368 e. The average Bonchev–Trinajstić information content (AvgIpc) is 3.09. The number of carbonyl (C=O) groups excluding carboxylic acids is 1. The van der Waals surface area contributed by atoms with Crippen LogP contribution in [0.15, 0.2) is 77.5 Å². The van der Waals surface area contributed by atoms with Gasteiger partial charge < -0.3 is 9.57 Å². The minimum absolute atomic E-state index is 0.220. The Labute approximate surface area is 188 Å². The normalized spacial score (nSPS) is 14.6. The van der Waals surface area contributed by atoms with Crippen LogP contribution in [-0.2, 0) is 16.2 Å². The standard InChI is InChI=1S/C23H14Cl3NO3/c24-17-8-9-21(29-13-15-6-7-18(25)12-20(15)26)16(10-17)11-19-22(27-30-23(19)28)14-4-2-1-3-5-14/h1-12H,13H2/b19-11-. The molecular formula is C23H14Cl3NO3. The fourth-order valence-corrected chi connectivity index (χ4v) is 3.57. The molecule has 0 unspecified atom stereocenters. The molecule has 0 fully saturated rings. The maximum Gasteiger partial charge on any atom is 0.368 e. The van der Waals surface area contributed by atoms with E-state index in [1.54, 1.807) is 42.5 Å². The molecule has 7 heteroatoms. The maximum absolute atomic E-state index is 12.3. The second-order valence-corrected chi connectivity index (χ2v) is 7.73. The first-order chi connectivity index (χ1) is 14.5. The molecule has 30 heavy (non-hydrogen) atoms. The van der Waals surface area contributed by atoms with Crippen LogP contribution < -0.4 is 4.74 Å².